The van der Waals surface area contributed by atoms with Gasteiger partial charge in [0.1, 0.15) is 0 Å². The normalized spacial score (nSPS) is 9.92. The van der Waals surface area contributed by atoms with Gasteiger partial charge in [-0.15, -0.1) is 5.92 Å². The molecule has 0 aliphatic carbocycles. The summed E-state index contributed by atoms with van der Waals surface area (Å²) >= 11 is 0. The summed E-state index contributed by atoms with van der Waals surface area (Å²) in [6.45, 7) is 7.99. The van der Waals surface area contributed by atoms with Gasteiger partial charge in [0.2, 0.25) is 0 Å². The first kappa shape index (κ1) is 11.8. The first-order valence-electron chi connectivity index (χ1n) is 4.18. The van der Waals surface area contributed by atoms with Crippen LogP contribution in [0.1, 0.15) is 27.7 Å². The maximum atomic E-state index is 11.3. The molecule has 74 valence electrons. The lowest BCUT2D eigenvalue weighted by molar-refractivity contribution is 0.0919. The van der Waals surface area contributed by atoms with Gasteiger partial charge in [-0.25, -0.2) is 4.79 Å². The van der Waals surface area contributed by atoms with E-state index in [0.29, 0.717) is 6.54 Å². The van der Waals surface area contributed by atoms with Crippen molar-refractivity contribution in [2.24, 2.45) is 0 Å². The fourth-order valence-electron chi connectivity index (χ4n) is 0.844. The molecule has 0 aromatic carbocycles. The molecule has 3 heteroatoms. The van der Waals surface area contributed by atoms with Gasteiger partial charge in [0.05, 0.1) is 13.7 Å². The second-order valence-corrected chi connectivity index (χ2v) is 3.65. The van der Waals surface area contributed by atoms with Crippen LogP contribution in [0.4, 0.5) is 4.79 Å². The van der Waals surface area contributed by atoms with Gasteiger partial charge in [0, 0.05) is 5.54 Å². The van der Waals surface area contributed by atoms with Gasteiger partial charge >= 0.3 is 6.09 Å². The van der Waals surface area contributed by atoms with Gasteiger partial charge in [-0.3, -0.25) is 4.90 Å². The van der Waals surface area contributed by atoms with E-state index in [4.69, 9.17) is 0 Å². The summed E-state index contributed by atoms with van der Waals surface area (Å²) in [5, 5.41) is 0. The molecule has 0 fully saturated rings. The van der Waals surface area contributed by atoms with Crippen LogP contribution in [0.5, 0.6) is 0 Å². The maximum absolute atomic E-state index is 11.3. The highest BCUT2D eigenvalue weighted by atomic mass is 16.5. The molecule has 13 heavy (non-hydrogen) atoms. The number of carbonyl (C=O) groups excluding carboxylic acids is 1. The summed E-state index contributed by atoms with van der Waals surface area (Å²) < 4.78 is 4.66. The Kier molecular flexibility index (Phi) is 4.33. The van der Waals surface area contributed by atoms with Crippen LogP contribution < -0.4 is 0 Å². The summed E-state index contributed by atoms with van der Waals surface area (Å²) in [6.07, 6.45) is -0.338. The quantitative estimate of drug-likeness (QED) is 0.581. The van der Waals surface area contributed by atoms with Crippen molar-refractivity contribution in [3.63, 3.8) is 0 Å². The average Bonchev–Trinajstić information content (AvgIpc) is 2.02. The van der Waals surface area contributed by atoms with Crippen molar-refractivity contribution in [2.45, 2.75) is 33.2 Å². The summed E-state index contributed by atoms with van der Waals surface area (Å²) in [5.74, 6) is 5.59. The molecule has 3 nitrogen and oxygen atoms in total. The molecule has 0 aromatic rings. The predicted molar refractivity (Wildman–Crippen MR) is 52.3 cm³/mol. The molecule has 0 saturated heterocycles. The van der Waals surface area contributed by atoms with E-state index in [2.05, 4.69) is 16.6 Å². The molecule has 0 spiro atoms. The van der Waals surface area contributed by atoms with Gasteiger partial charge in [-0.1, -0.05) is 5.92 Å². The number of rotatable bonds is 1. The fraction of sp³-hybridized carbons (Fsp3) is 0.700. The molecule has 0 aliphatic heterocycles. The lowest BCUT2D eigenvalue weighted by Gasteiger charge is -2.32. The van der Waals surface area contributed by atoms with Crippen molar-refractivity contribution in [3.05, 3.63) is 0 Å². The fourth-order valence-corrected chi connectivity index (χ4v) is 0.844. The van der Waals surface area contributed by atoms with E-state index in [1.807, 2.05) is 20.8 Å². The molecule has 0 rings (SSSR count). The molecule has 0 heterocycles. The zero-order valence-electron chi connectivity index (χ0n) is 8.97. The van der Waals surface area contributed by atoms with Crippen LogP contribution in [0, 0.1) is 11.8 Å². The van der Waals surface area contributed by atoms with Gasteiger partial charge in [0.15, 0.2) is 0 Å². The molecule has 0 N–H and O–H groups in total. The van der Waals surface area contributed by atoms with Crippen LogP contribution in [0.2, 0.25) is 0 Å². The van der Waals surface area contributed by atoms with Crippen LogP contribution in [0.3, 0.4) is 0 Å². The summed E-state index contributed by atoms with van der Waals surface area (Å²) in [6, 6.07) is 0. The molecule has 0 aromatic heterocycles. The second-order valence-electron chi connectivity index (χ2n) is 3.65. The third kappa shape index (κ3) is 3.84. The number of hydrogen-bond donors (Lipinski definition) is 0. The number of methoxy groups -OCH3 is 1. The van der Waals surface area contributed by atoms with Crippen LogP contribution >= 0.6 is 0 Å². The highest BCUT2D eigenvalue weighted by Crippen LogP contribution is 2.13. The monoisotopic (exact) mass is 183 g/mol. The highest BCUT2D eigenvalue weighted by molar-refractivity contribution is 5.68. The highest BCUT2D eigenvalue weighted by Gasteiger charge is 2.25. The van der Waals surface area contributed by atoms with Crippen molar-refractivity contribution < 1.29 is 9.53 Å². The Morgan fingerprint density at radius 3 is 2.31 bits per heavy atom. The number of carbonyl (C=O) groups is 1. The van der Waals surface area contributed by atoms with Gasteiger partial charge in [0.25, 0.3) is 0 Å². The van der Waals surface area contributed by atoms with Crippen molar-refractivity contribution in [2.75, 3.05) is 13.7 Å². The first-order valence-corrected chi connectivity index (χ1v) is 4.18. The van der Waals surface area contributed by atoms with E-state index < -0.39 is 0 Å². The molecule has 0 radical (unpaired) electrons. The van der Waals surface area contributed by atoms with Crippen molar-refractivity contribution in [1.82, 2.24) is 4.90 Å². The molecule has 1 amide bonds. The molecular weight excluding hydrogens is 166 g/mol. The third-order valence-electron chi connectivity index (χ3n) is 1.62. The van der Waals surface area contributed by atoms with Crippen molar-refractivity contribution >= 4 is 6.09 Å². The van der Waals surface area contributed by atoms with Gasteiger partial charge < -0.3 is 4.74 Å². The summed E-state index contributed by atoms with van der Waals surface area (Å²) in [7, 11) is 1.38. The smallest absolute Gasteiger partial charge is 0.410 e. The van der Waals surface area contributed by atoms with E-state index in [-0.39, 0.29) is 11.6 Å². The van der Waals surface area contributed by atoms with E-state index in [1.54, 1.807) is 11.8 Å². The van der Waals surface area contributed by atoms with E-state index in [1.165, 1.54) is 7.11 Å². The molecule has 0 aliphatic rings. The summed E-state index contributed by atoms with van der Waals surface area (Å²) in [4.78, 5) is 12.9. The number of ether oxygens (including phenoxy) is 1. The Morgan fingerprint density at radius 2 is 2.00 bits per heavy atom. The zero-order valence-corrected chi connectivity index (χ0v) is 8.97. The van der Waals surface area contributed by atoms with Gasteiger partial charge in [-0.05, 0) is 27.7 Å². The number of hydrogen-bond acceptors (Lipinski definition) is 2. The van der Waals surface area contributed by atoms with Crippen LogP contribution in [0.15, 0.2) is 0 Å². The Labute approximate surface area is 80.1 Å². The Morgan fingerprint density at radius 1 is 1.46 bits per heavy atom. The minimum Gasteiger partial charge on any atom is -0.453 e. The lowest BCUT2D eigenvalue weighted by Crippen LogP contribution is -2.45. The van der Waals surface area contributed by atoms with Gasteiger partial charge in [-0.2, -0.15) is 0 Å². The van der Waals surface area contributed by atoms with Crippen molar-refractivity contribution in [3.8, 4) is 11.8 Å². The first-order chi connectivity index (χ1) is 5.93. The van der Waals surface area contributed by atoms with E-state index in [0.717, 1.165) is 0 Å². The average molecular weight is 183 g/mol. The molecule has 0 unspecified atom stereocenters. The number of nitrogens with zero attached hydrogens (tertiary/aromatic N) is 1. The Hall–Kier alpha value is -1.17. The zero-order chi connectivity index (χ0) is 10.5. The van der Waals surface area contributed by atoms with E-state index >= 15 is 0 Å². The van der Waals surface area contributed by atoms with Crippen LogP contribution in [-0.2, 0) is 4.74 Å². The largest absolute Gasteiger partial charge is 0.453 e. The minimum absolute atomic E-state index is 0.253. The predicted octanol–water partition coefficient (Wildman–Crippen LogP) is 1.88. The molecule has 0 bridgehead atoms. The van der Waals surface area contributed by atoms with Crippen molar-refractivity contribution in [1.29, 1.82) is 0 Å². The number of amides is 1. The summed E-state index contributed by atoms with van der Waals surface area (Å²) in [5.41, 5.74) is -0.253. The standard InChI is InChI=1S/C10H17NO2/c1-6-7-8-11(9(12)13-5)10(2,3)4/h8H2,1-5H3. The molecule has 0 atom stereocenters. The van der Waals surface area contributed by atoms with Crippen LogP contribution in [0.25, 0.3) is 0 Å². The lowest BCUT2D eigenvalue weighted by atomic mass is 10.1. The SMILES string of the molecule is CC#CCN(C(=O)OC)C(C)(C)C. The third-order valence-corrected chi connectivity index (χ3v) is 1.62. The topological polar surface area (TPSA) is 29.5 Å². The maximum Gasteiger partial charge on any atom is 0.410 e. The Balaban J connectivity index is 4.52. The molecule has 0 saturated carbocycles. The minimum atomic E-state index is -0.338. The van der Waals surface area contributed by atoms with Crippen LogP contribution in [-0.4, -0.2) is 30.2 Å². The molecular formula is C10H17NO2. The second kappa shape index (κ2) is 4.76. The van der Waals surface area contributed by atoms with E-state index in [9.17, 15) is 4.79 Å². The Bertz CT molecular complexity index is 230.